The fourth-order valence-corrected chi connectivity index (χ4v) is 3.16. The summed E-state index contributed by atoms with van der Waals surface area (Å²) in [7, 11) is 0. The van der Waals surface area contributed by atoms with E-state index in [2.05, 4.69) is 40.7 Å². The molecule has 6 heteroatoms. The normalized spacial score (nSPS) is 16.6. The molecule has 0 aliphatic carbocycles. The maximum absolute atomic E-state index is 5.47. The van der Waals surface area contributed by atoms with Gasteiger partial charge in [0.1, 0.15) is 5.75 Å². The molecule has 2 aromatic rings. The molecular formula is C21H32N4O2. The van der Waals surface area contributed by atoms with Gasteiger partial charge in [0.2, 0.25) is 11.7 Å². The van der Waals surface area contributed by atoms with E-state index >= 15 is 0 Å². The van der Waals surface area contributed by atoms with Crippen LogP contribution in [0.4, 0.5) is 0 Å². The largest absolute Gasteiger partial charge is 0.494 e. The Morgan fingerprint density at radius 2 is 1.70 bits per heavy atom. The zero-order valence-electron chi connectivity index (χ0n) is 17.1. The van der Waals surface area contributed by atoms with Crippen molar-refractivity contribution in [3.05, 3.63) is 30.2 Å². The summed E-state index contributed by atoms with van der Waals surface area (Å²) < 4.78 is 10.9. The van der Waals surface area contributed by atoms with Crippen molar-refractivity contribution in [1.82, 2.24) is 19.9 Å². The first kappa shape index (κ1) is 19.8. The Hall–Kier alpha value is -1.92. The highest BCUT2D eigenvalue weighted by molar-refractivity contribution is 5.55. The maximum atomic E-state index is 5.47. The smallest absolute Gasteiger partial charge is 0.241 e. The van der Waals surface area contributed by atoms with Gasteiger partial charge in [-0.2, -0.15) is 4.98 Å². The number of nitrogens with zero attached hydrogens (tertiary/aromatic N) is 4. The third-order valence-corrected chi connectivity index (χ3v) is 4.89. The minimum atomic E-state index is 0.401. The highest BCUT2D eigenvalue weighted by Crippen LogP contribution is 2.21. The molecule has 0 bridgehead atoms. The summed E-state index contributed by atoms with van der Waals surface area (Å²) in [5, 5.41) is 4.13. The predicted molar refractivity (Wildman–Crippen MR) is 107 cm³/mol. The highest BCUT2D eigenvalue weighted by Gasteiger charge is 2.21. The Morgan fingerprint density at radius 1 is 1.04 bits per heavy atom. The van der Waals surface area contributed by atoms with Crippen molar-refractivity contribution in [3.63, 3.8) is 0 Å². The second kappa shape index (κ2) is 8.85. The molecule has 6 nitrogen and oxygen atoms in total. The summed E-state index contributed by atoms with van der Waals surface area (Å²) >= 11 is 0. The van der Waals surface area contributed by atoms with E-state index in [0.717, 1.165) is 44.0 Å². The van der Waals surface area contributed by atoms with E-state index in [1.54, 1.807) is 0 Å². The number of aromatic nitrogens is 2. The Balaban J connectivity index is 1.48. The van der Waals surface area contributed by atoms with Crippen molar-refractivity contribution >= 4 is 0 Å². The van der Waals surface area contributed by atoms with Crippen LogP contribution in [0.25, 0.3) is 11.4 Å². The molecule has 0 radical (unpaired) electrons. The fourth-order valence-electron chi connectivity index (χ4n) is 3.16. The molecular weight excluding hydrogens is 340 g/mol. The molecule has 1 fully saturated rings. The van der Waals surface area contributed by atoms with Crippen LogP contribution in [-0.4, -0.2) is 59.3 Å². The van der Waals surface area contributed by atoms with Crippen molar-refractivity contribution in [1.29, 1.82) is 0 Å². The molecule has 0 unspecified atom stereocenters. The van der Waals surface area contributed by atoms with Crippen molar-refractivity contribution in [2.45, 2.75) is 40.7 Å². The topological polar surface area (TPSA) is 54.6 Å². The molecule has 0 atom stereocenters. The Morgan fingerprint density at radius 3 is 2.33 bits per heavy atom. The van der Waals surface area contributed by atoms with Gasteiger partial charge in [0, 0.05) is 31.7 Å². The van der Waals surface area contributed by atoms with Crippen LogP contribution >= 0.6 is 0 Å². The third kappa shape index (κ3) is 6.04. The molecule has 0 saturated carbocycles. The molecule has 2 heterocycles. The standard InChI is InChI=1S/C21H32N4O2/c1-5-26-18-8-6-17(7-9-18)20-22-19(27-23-20)16-25-14-12-24(13-15-25)11-10-21(2,3)4/h6-9H,5,10-16H2,1-4H3. The number of benzene rings is 1. The van der Waals surface area contributed by atoms with Crippen LogP contribution < -0.4 is 4.74 Å². The lowest BCUT2D eigenvalue weighted by molar-refractivity contribution is 0.108. The van der Waals surface area contributed by atoms with Gasteiger partial charge in [0.25, 0.3) is 0 Å². The molecule has 0 spiro atoms. The second-order valence-electron chi connectivity index (χ2n) is 8.40. The van der Waals surface area contributed by atoms with E-state index in [9.17, 15) is 0 Å². The number of piperazine rings is 1. The summed E-state index contributed by atoms with van der Waals surface area (Å²) in [5.41, 5.74) is 1.35. The van der Waals surface area contributed by atoms with Gasteiger partial charge >= 0.3 is 0 Å². The van der Waals surface area contributed by atoms with Gasteiger partial charge in [-0.15, -0.1) is 0 Å². The van der Waals surface area contributed by atoms with Gasteiger partial charge < -0.3 is 14.2 Å². The number of hydrogen-bond donors (Lipinski definition) is 0. The van der Waals surface area contributed by atoms with Crippen molar-refractivity contribution in [3.8, 4) is 17.1 Å². The minimum Gasteiger partial charge on any atom is -0.494 e. The van der Waals surface area contributed by atoms with Crippen LogP contribution in [0.2, 0.25) is 0 Å². The number of hydrogen-bond acceptors (Lipinski definition) is 6. The van der Waals surface area contributed by atoms with Gasteiger partial charge in [-0.05, 0) is 49.6 Å². The summed E-state index contributed by atoms with van der Waals surface area (Å²) in [6.45, 7) is 15.8. The van der Waals surface area contributed by atoms with Crippen LogP contribution in [-0.2, 0) is 6.54 Å². The van der Waals surface area contributed by atoms with E-state index in [1.165, 1.54) is 13.0 Å². The number of ether oxygens (including phenoxy) is 1. The van der Waals surface area contributed by atoms with E-state index < -0.39 is 0 Å². The third-order valence-electron chi connectivity index (χ3n) is 4.89. The predicted octanol–water partition coefficient (Wildman–Crippen LogP) is 3.69. The minimum absolute atomic E-state index is 0.401. The van der Waals surface area contributed by atoms with Crippen LogP contribution in [0.5, 0.6) is 5.75 Å². The summed E-state index contributed by atoms with van der Waals surface area (Å²) in [5.74, 6) is 2.17. The van der Waals surface area contributed by atoms with Gasteiger partial charge in [0.05, 0.1) is 13.2 Å². The molecule has 1 aromatic carbocycles. The molecule has 1 aliphatic rings. The van der Waals surface area contributed by atoms with E-state index in [0.29, 0.717) is 23.7 Å². The molecule has 27 heavy (non-hydrogen) atoms. The molecule has 1 aromatic heterocycles. The zero-order chi connectivity index (χ0) is 19.3. The van der Waals surface area contributed by atoms with Crippen molar-refractivity contribution < 1.29 is 9.26 Å². The van der Waals surface area contributed by atoms with Gasteiger partial charge in [-0.1, -0.05) is 25.9 Å². The zero-order valence-corrected chi connectivity index (χ0v) is 17.1. The van der Waals surface area contributed by atoms with Crippen LogP contribution in [0.15, 0.2) is 28.8 Å². The molecule has 0 amide bonds. The van der Waals surface area contributed by atoms with Crippen molar-refractivity contribution in [2.24, 2.45) is 5.41 Å². The van der Waals surface area contributed by atoms with E-state index in [1.807, 2.05) is 31.2 Å². The van der Waals surface area contributed by atoms with Crippen LogP contribution in [0.3, 0.4) is 0 Å². The Bertz CT molecular complexity index is 698. The number of rotatable bonds is 7. The van der Waals surface area contributed by atoms with Gasteiger partial charge in [-0.3, -0.25) is 4.90 Å². The molecule has 1 saturated heterocycles. The lowest BCUT2D eigenvalue weighted by atomic mass is 9.92. The lowest BCUT2D eigenvalue weighted by Crippen LogP contribution is -2.46. The first-order valence-electron chi connectivity index (χ1n) is 9.93. The average molecular weight is 373 g/mol. The first-order chi connectivity index (χ1) is 12.9. The quantitative estimate of drug-likeness (QED) is 0.739. The molecule has 3 rings (SSSR count). The maximum Gasteiger partial charge on any atom is 0.241 e. The van der Waals surface area contributed by atoms with Crippen LogP contribution in [0.1, 0.15) is 40.0 Å². The van der Waals surface area contributed by atoms with Crippen LogP contribution in [0, 0.1) is 5.41 Å². The first-order valence-corrected chi connectivity index (χ1v) is 9.93. The summed E-state index contributed by atoms with van der Waals surface area (Å²) in [6, 6.07) is 7.80. The average Bonchev–Trinajstić information content (AvgIpc) is 3.10. The monoisotopic (exact) mass is 372 g/mol. The molecule has 0 N–H and O–H groups in total. The van der Waals surface area contributed by atoms with E-state index in [4.69, 9.17) is 9.26 Å². The van der Waals surface area contributed by atoms with Crippen molar-refractivity contribution in [2.75, 3.05) is 39.3 Å². The lowest BCUT2D eigenvalue weighted by Gasteiger charge is -2.35. The van der Waals surface area contributed by atoms with Gasteiger partial charge in [0.15, 0.2) is 0 Å². The molecule has 1 aliphatic heterocycles. The van der Waals surface area contributed by atoms with E-state index in [-0.39, 0.29) is 0 Å². The second-order valence-corrected chi connectivity index (χ2v) is 8.40. The SMILES string of the molecule is CCOc1ccc(-c2noc(CN3CCN(CCC(C)(C)C)CC3)n2)cc1. The summed E-state index contributed by atoms with van der Waals surface area (Å²) in [6.07, 6.45) is 1.24. The Kier molecular flexibility index (Phi) is 6.50. The molecule has 148 valence electrons. The van der Waals surface area contributed by atoms with Gasteiger partial charge in [-0.25, -0.2) is 0 Å². The fraction of sp³-hybridized carbons (Fsp3) is 0.619. The highest BCUT2D eigenvalue weighted by atomic mass is 16.5. The Labute approximate surface area is 162 Å². The summed E-state index contributed by atoms with van der Waals surface area (Å²) in [4.78, 5) is 9.51.